The summed E-state index contributed by atoms with van der Waals surface area (Å²) < 4.78 is 6.06. The van der Waals surface area contributed by atoms with Gasteiger partial charge in [-0.25, -0.2) is 0 Å². The highest BCUT2D eigenvalue weighted by Crippen LogP contribution is 2.31. The maximum Gasteiger partial charge on any atom is 0.200 e. The summed E-state index contributed by atoms with van der Waals surface area (Å²) in [6.07, 6.45) is 4.68. The lowest BCUT2D eigenvalue weighted by atomic mass is 10.0. The van der Waals surface area contributed by atoms with Crippen LogP contribution in [0.25, 0.3) is 0 Å². The average Bonchev–Trinajstić information content (AvgIpc) is 2.41. The zero-order valence-electron chi connectivity index (χ0n) is 10.7. The first-order valence-corrected chi connectivity index (χ1v) is 8.60. The van der Waals surface area contributed by atoms with Crippen molar-refractivity contribution in [3.8, 4) is 0 Å². The molecule has 2 rings (SSSR count). The molecule has 2 atom stereocenters. The molecule has 1 saturated heterocycles. The zero-order valence-corrected chi connectivity index (χ0v) is 11.8. The molecule has 0 bridgehead atoms. The minimum Gasteiger partial charge on any atom is -0.418 e. The molecule has 1 heterocycles. The molecule has 0 aliphatic carbocycles. The Labute approximate surface area is 106 Å². The SMILES string of the molecule is CCCC(N)(c1ccccc1)[SiH]1CCCCO1. The van der Waals surface area contributed by atoms with Gasteiger partial charge in [-0.1, -0.05) is 50.1 Å². The van der Waals surface area contributed by atoms with Gasteiger partial charge in [0.25, 0.3) is 0 Å². The Kier molecular flexibility index (Phi) is 4.37. The second-order valence-corrected chi connectivity index (χ2v) is 7.93. The van der Waals surface area contributed by atoms with Crippen LogP contribution in [0.4, 0.5) is 0 Å². The topological polar surface area (TPSA) is 35.2 Å². The minimum absolute atomic E-state index is 0.170. The quantitative estimate of drug-likeness (QED) is 0.833. The minimum atomic E-state index is -1.32. The predicted octanol–water partition coefficient (Wildman–Crippen LogP) is 2.71. The summed E-state index contributed by atoms with van der Waals surface area (Å²) in [6, 6.07) is 11.8. The third-order valence-corrected chi connectivity index (χ3v) is 7.07. The zero-order chi connectivity index (χ0) is 12.1. The van der Waals surface area contributed by atoms with Crippen molar-refractivity contribution < 1.29 is 4.43 Å². The Morgan fingerprint density at radius 2 is 2.06 bits per heavy atom. The van der Waals surface area contributed by atoms with Crippen molar-refractivity contribution >= 4 is 9.04 Å². The highest BCUT2D eigenvalue weighted by molar-refractivity contribution is 6.55. The molecule has 1 aliphatic rings. The van der Waals surface area contributed by atoms with Gasteiger partial charge in [0.05, 0.1) is 5.16 Å². The van der Waals surface area contributed by atoms with Gasteiger partial charge in [-0.05, 0) is 24.4 Å². The lowest BCUT2D eigenvalue weighted by molar-refractivity contribution is 0.260. The standard InChI is InChI=1S/C14H23NOSi/c1-2-10-14(15,13-8-4-3-5-9-13)17-12-7-6-11-16-17/h3-5,8-9,17H,2,6-7,10-12,15H2,1H3. The summed E-state index contributed by atoms with van der Waals surface area (Å²) in [5, 5.41) is -0.170. The molecule has 1 aromatic carbocycles. The van der Waals surface area contributed by atoms with E-state index in [1.165, 1.54) is 24.4 Å². The van der Waals surface area contributed by atoms with E-state index in [4.69, 9.17) is 10.2 Å². The Hall–Kier alpha value is -0.643. The molecule has 1 aliphatic heterocycles. The fourth-order valence-electron chi connectivity index (χ4n) is 2.80. The van der Waals surface area contributed by atoms with Crippen molar-refractivity contribution in [2.75, 3.05) is 6.61 Å². The van der Waals surface area contributed by atoms with Crippen molar-refractivity contribution in [2.45, 2.75) is 43.8 Å². The highest BCUT2D eigenvalue weighted by Gasteiger charge is 2.39. The van der Waals surface area contributed by atoms with Crippen molar-refractivity contribution in [3.05, 3.63) is 35.9 Å². The highest BCUT2D eigenvalue weighted by atomic mass is 28.3. The van der Waals surface area contributed by atoms with E-state index in [2.05, 4.69) is 37.3 Å². The fraction of sp³-hybridized carbons (Fsp3) is 0.571. The second kappa shape index (κ2) is 5.80. The molecular formula is C14H23NOSi. The molecule has 0 radical (unpaired) electrons. The van der Waals surface area contributed by atoms with Crippen LogP contribution >= 0.6 is 0 Å². The molecule has 0 aromatic heterocycles. The maximum absolute atomic E-state index is 6.74. The molecule has 1 aromatic rings. The molecule has 3 heteroatoms. The van der Waals surface area contributed by atoms with Crippen LogP contribution in [-0.4, -0.2) is 15.6 Å². The van der Waals surface area contributed by atoms with Crippen LogP contribution in [0, 0.1) is 0 Å². The average molecular weight is 249 g/mol. The van der Waals surface area contributed by atoms with Gasteiger partial charge in [-0.3, -0.25) is 0 Å². The summed E-state index contributed by atoms with van der Waals surface area (Å²) >= 11 is 0. The van der Waals surface area contributed by atoms with Gasteiger partial charge in [0.2, 0.25) is 9.04 Å². The Morgan fingerprint density at radius 3 is 2.65 bits per heavy atom. The van der Waals surface area contributed by atoms with Crippen LogP contribution in [-0.2, 0) is 9.59 Å². The van der Waals surface area contributed by atoms with Crippen LogP contribution in [0.1, 0.15) is 38.2 Å². The van der Waals surface area contributed by atoms with Crippen molar-refractivity contribution in [2.24, 2.45) is 5.73 Å². The molecule has 2 nitrogen and oxygen atoms in total. The van der Waals surface area contributed by atoms with E-state index in [1.54, 1.807) is 0 Å². The molecular weight excluding hydrogens is 226 g/mol. The van der Waals surface area contributed by atoms with Crippen LogP contribution in [0.3, 0.4) is 0 Å². The summed E-state index contributed by atoms with van der Waals surface area (Å²) in [6.45, 7) is 3.13. The molecule has 17 heavy (non-hydrogen) atoms. The third-order valence-electron chi connectivity index (χ3n) is 3.73. The van der Waals surface area contributed by atoms with E-state index in [9.17, 15) is 0 Å². The van der Waals surface area contributed by atoms with Crippen molar-refractivity contribution in [1.29, 1.82) is 0 Å². The first kappa shape index (κ1) is 12.8. The van der Waals surface area contributed by atoms with Gasteiger partial charge in [0.1, 0.15) is 0 Å². The Bertz CT molecular complexity index is 337. The number of hydrogen-bond acceptors (Lipinski definition) is 2. The monoisotopic (exact) mass is 249 g/mol. The van der Waals surface area contributed by atoms with Crippen LogP contribution in [0.2, 0.25) is 6.04 Å². The van der Waals surface area contributed by atoms with Crippen molar-refractivity contribution in [3.63, 3.8) is 0 Å². The number of hydrogen-bond donors (Lipinski definition) is 1. The molecule has 0 amide bonds. The smallest absolute Gasteiger partial charge is 0.200 e. The number of rotatable bonds is 4. The summed E-state index contributed by atoms with van der Waals surface area (Å²) in [7, 11) is -1.32. The van der Waals surface area contributed by atoms with Crippen LogP contribution in [0.15, 0.2) is 30.3 Å². The molecule has 0 saturated carbocycles. The van der Waals surface area contributed by atoms with E-state index >= 15 is 0 Å². The van der Waals surface area contributed by atoms with Gasteiger partial charge in [0, 0.05) is 6.61 Å². The predicted molar refractivity (Wildman–Crippen MR) is 74.4 cm³/mol. The van der Waals surface area contributed by atoms with Gasteiger partial charge in [0.15, 0.2) is 0 Å². The Balaban J connectivity index is 2.24. The first-order valence-electron chi connectivity index (χ1n) is 6.73. The molecule has 2 N–H and O–H groups in total. The van der Waals surface area contributed by atoms with E-state index < -0.39 is 9.04 Å². The van der Waals surface area contributed by atoms with E-state index in [0.717, 1.165) is 19.4 Å². The molecule has 1 fully saturated rings. The summed E-state index contributed by atoms with van der Waals surface area (Å²) in [5.41, 5.74) is 8.02. The van der Waals surface area contributed by atoms with E-state index in [-0.39, 0.29) is 5.16 Å². The molecule has 2 unspecified atom stereocenters. The van der Waals surface area contributed by atoms with Crippen LogP contribution in [0.5, 0.6) is 0 Å². The van der Waals surface area contributed by atoms with Gasteiger partial charge in [-0.2, -0.15) is 0 Å². The fourth-order valence-corrected chi connectivity index (χ4v) is 6.07. The Morgan fingerprint density at radius 1 is 1.29 bits per heavy atom. The lowest BCUT2D eigenvalue weighted by Crippen LogP contribution is -2.53. The molecule has 0 spiro atoms. The first-order chi connectivity index (χ1) is 8.27. The van der Waals surface area contributed by atoms with Crippen molar-refractivity contribution in [1.82, 2.24) is 0 Å². The summed E-state index contributed by atoms with van der Waals surface area (Å²) in [5.74, 6) is 0. The largest absolute Gasteiger partial charge is 0.418 e. The van der Waals surface area contributed by atoms with Gasteiger partial charge < -0.3 is 10.2 Å². The lowest BCUT2D eigenvalue weighted by Gasteiger charge is -2.38. The van der Waals surface area contributed by atoms with Gasteiger partial charge in [-0.15, -0.1) is 0 Å². The third kappa shape index (κ3) is 2.79. The normalized spacial score (nSPS) is 24.2. The maximum atomic E-state index is 6.74. The van der Waals surface area contributed by atoms with E-state index in [0.29, 0.717) is 0 Å². The number of nitrogens with two attached hydrogens (primary N) is 1. The van der Waals surface area contributed by atoms with Crippen LogP contribution < -0.4 is 5.73 Å². The van der Waals surface area contributed by atoms with E-state index in [1.807, 2.05) is 0 Å². The molecule has 94 valence electrons. The summed E-state index contributed by atoms with van der Waals surface area (Å²) in [4.78, 5) is 0. The number of benzene rings is 1. The van der Waals surface area contributed by atoms with Gasteiger partial charge >= 0.3 is 0 Å². The second-order valence-electron chi connectivity index (χ2n) is 5.01.